The molecule has 2 N–H and O–H groups in total. The van der Waals surface area contributed by atoms with Crippen molar-refractivity contribution < 1.29 is 18.3 Å². The second-order valence-corrected chi connectivity index (χ2v) is 7.65. The number of rotatable bonds is 4. The molecule has 1 amide bonds. The maximum Gasteiger partial charge on any atom is 0.256 e. The van der Waals surface area contributed by atoms with Crippen molar-refractivity contribution in [2.45, 2.75) is 11.8 Å². The number of anilines is 1. The van der Waals surface area contributed by atoms with Crippen LogP contribution >= 0.6 is 15.9 Å². The molecule has 22 heavy (non-hydrogen) atoms. The van der Waals surface area contributed by atoms with Gasteiger partial charge in [0.25, 0.3) is 5.91 Å². The molecule has 0 saturated carbocycles. The van der Waals surface area contributed by atoms with Crippen LogP contribution in [0.15, 0.2) is 51.8 Å². The van der Waals surface area contributed by atoms with Crippen molar-refractivity contribution in [1.82, 2.24) is 0 Å². The fourth-order valence-electron chi connectivity index (χ4n) is 1.81. The summed E-state index contributed by atoms with van der Waals surface area (Å²) < 4.78 is 24.3. The lowest BCUT2D eigenvalue weighted by Gasteiger charge is -2.10. The Hall–Kier alpha value is -1.86. The Labute approximate surface area is 137 Å². The van der Waals surface area contributed by atoms with Gasteiger partial charge in [-0.1, -0.05) is 19.1 Å². The fraction of sp³-hybridized carbons (Fsp3) is 0.133. The number of carbonyl (C=O) groups is 1. The number of aromatic hydroxyl groups is 1. The maximum atomic E-state index is 12.2. The van der Waals surface area contributed by atoms with E-state index in [0.717, 1.165) is 0 Å². The lowest BCUT2D eigenvalue weighted by molar-refractivity contribution is 0.102. The number of hydrogen-bond acceptors (Lipinski definition) is 4. The van der Waals surface area contributed by atoms with Crippen molar-refractivity contribution in [3.63, 3.8) is 0 Å². The van der Waals surface area contributed by atoms with Gasteiger partial charge in [-0.25, -0.2) is 8.42 Å². The van der Waals surface area contributed by atoms with Crippen LogP contribution in [0.3, 0.4) is 0 Å². The Morgan fingerprint density at radius 2 is 1.91 bits per heavy atom. The first-order chi connectivity index (χ1) is 10.3. The number of phenols is 1. The highest BCUT2D eigenvalue weighted by molar-refractivity contribution is 9.10. The largest absolute Gasteiger partial charge is 0.506 e. The van der Waals surface area contributed by atoms with Crippen LogP contribution in [0.2, 0.25) is 0 Å². The van der Waals surface area contributed by atoms with Gasteiger partial charge in [0.1, 0.15) is 5.75 Å². The number of halogens is 1. The Morgan fingerprint density at radius 1 is 1.23 bits per heavy atom. The molecule has 0 heterocycles. The van der Waals surface area contributed by atoms with Gasteiger partial charge in [0.2, 0.25) is 0 Å². The van der Waals surface area contributed by atoms with Crippen LogP contribution in [0.25, 0.3) is 0 Å². The Bertz CT molecular complexity index is 818. The van der Waals surface area contributed by atoms with Crippen LogP contribution < -0.4 is 5.32 Å². The molecule has 0 saturated heterocycles. The normalized spacial score (nSPS) is 11.2. The van der Waals surface area contributed by atoms with Crippen LogP contribution in [-0.4, -0.2) is 25.2 Å². The van der Waals surface area contributed by atoms with Gasteiger partial charge in [0.05, 0.1) is 21.9 Å². The van der Waals surface area contributed by atoms with Crippen molar-refractivity contribution in [1.29, 1.82) is 0 Å². The second kappa shape index (κ2) is 6.50. The molecular weight excluding hydrogens is 370 g/mol. The van der Waals surface area contributed by atoms with Gasteiger partial charge < -0.3 is 10.4 Å². The lowest BCUT2D eigenvalue weighted by Crippen LogP contribution is -2.13. The zero-order chi connectivity index (χ0) is 16.3. The van der Waals surface area contributed by atoms with Crippen molar-refractivity contribution >= 4 is 37.4 Å². The van der Waals surface area contributed by atoms with Crippen molar-refractivity contribution in [2.24, 2.45) is 0 Å². The Morgan fingerprint density at radius 3 is 2.55 bits per heavy atom. The first-order valence-corrected chi connectivity index (χ1v) is 8.91. The summed E-state index contributed by atoms with van der Waals surface area (Å²) in [5.41, 5.74) is 0.431. The molecule has 0 unspecified atom stereocenters. The van der Waals surface area contributed by atoms with Crippen LogP contribution in [0.4, 0.5) is 5.69 Å². The van der Waals surface area contributed by atoms with Crippen LogP contribution in [0.1, 0.15) is 17.3 Å². The molecular formula is C15H14BrNO4S. The summed E-state index contributed by atoms with van der Waals surface area (Å²) in [6, 6.07) is 10.6. The van der Waals surface area contributed by atoms with Gasteiger partial charge in [0, 0.05) is 4.47 Å². The van der Waals surface area contributed by atoms with E-state index in [0.29, 0.717) is 10.0 Å². The van der Waals surface area contributed by atoms with E-state index in [1.807, 2.05) is 0 Å². The van der Waals surface area contributed by atoms with Gasteiger partial charge in [-0.05, 0) is 46.3 Å². The minimum absolute atomic E-state index is 0.0511. The lowest BCUT2D eigenvalue weighted by atomic mass is 10.2. The van der Waals surface area contributed by atoms with Crippen molar-refractivity contribution in [3.05, 3.63) is 52.5 Å². The first kappa shape index (κ1) is 16.5. The topological polar surface area (TPSA) is 83.5 Å². The number of benzene rings is 2. The second-order valence-electron chi connectivity index (χ2n) is 4.52. The van der Waals surface area contributed by atoms with E-state index >= 15 is 0 Å². The number of phenolic OH excluding ortho intramolecular Hbond substituents is 1. The van der Waals surface area contributed by atoms with Crippen LogP contribution in [0, 0.1) is 0 Å². The summed E-state index contributed by atoms with van der Waals surface area (Å²) >= 11 is 3.27. The first-order valence-electron chi connectivity index (χ1n) is 6.47. The van der Waals surface area contributed by atoms with Gasteiger partial charge >= 0.3 is 0 Å². The summed E-state index contributed by atoms with van der Waals surface area (Å²) in [6.07, 6.45) is 0. The summed E-state index contributed by atoms with van der Waals surface area (Å²) in [7, 11) is -3.42. The minimum atomic E-state index is -3.42. The van der Waals surface area contributed by atoms with Crippen LogP contribution in [-0.2, 0) is 9.84 Å². The van der Waals surface area contributed by atoms with Crippen molar-refractivity contribution in [2.75, 3.05) is 11.1 Å². The molecule has 2 aromatic rings. The van der Waals surface area contributed by atoms with Crippen LogP contribution in [0.5, 0.6) is 5.75 Å². The zero-order valence-corrected chi connectivity index (χ0v) is 14.1. The molecule has 7 heteroatoms. The van der Waals surface area contributed by atoms with E-state index in [4.69, 9.17) is 0 Å². The van der Waals surface area contributed by atoms with E-state index in [2.05, 4.69) is 21.2 Å². The summed E-state index contributed by atoms with van der Waals surface area (Å²) in [6.45, 7) is 1.53. The third-order valence-corrected chi connectivity index (χ3v) is 5.50. The molecule has 0 atom stereocenters. The maximum absolute atomic E-state index is 12.2. The van der Waals surface area contributed by atoms with Crippen molar-refractivity contribution in [3.8, 4) is 5.75 Å². The standard InChI is InChI=1S/C15H14BrNO4S/c1-2-22(20,21)10-7-8-14(18)13(9-10)17-15(19)11-5-3-4-6-12(11)16/h3-9,18H,2H2,1H3,(H,17,19). The highest BCUT2D eigenvalue weighted by atomic mass is 79.9. The Balaban J connectivity index is 2.36. The molecule has 0 aromatic heterocycles. The molecule has 116 valence electrons. The molecule has 0 radical (unpaired) electrons. The Kier molecular flexibility index (Phi) is 4.87. The van der Waals surface area contributed by atoms with E-state index in [-0.39, 0.29) is 22.1 Å². The number of nitrogens with one attached hydrogen (secondary N) is 1. The quantitative estimate of drug-likeness (QED) is 0.793. The zero-order valence-electron chi connectivity index (χ0n) is 11.7. The number of amides is 1. The highest BCUT2D eigenvalue weighted by Gasteiger charge is 2.16. The number of carbonyl (C=O) groups excluding carboxylic acids is 1. The van der Waals surface area contributed by atoms with Gasteiger partial charge in [-0.3, -0.25) is 4.79 Å². The van der Waals surface area contributed by atoms with E-state index < -0.39 is 15.7 Å². The fourth-order valence-corrected chi connectivity index (χ4v) is 3.18. The summed E-state index contributed by atoms with van der Waals surface area (Å²) in [5, 5.41) is 12.3. The molecule has 0 spiro atoms. The third kappa shape index (κ3) is 3.48. The van der Waals surface area contributed by atoms with Gasteiger partial charge in [-0.2, -0.15) is 0 Å². The average Bonchev–Trinajstić information content (AvgIpc) is 2.49. The highest BCUT2D eigenvalue weighted by Crippen LogP contribution is 2.28. The molecule has 0 aliphatic rings. The van der Waals surface area contributed by atoms with E-state index in [1.165, 1.54) is 25.1 Å². The molecule has 5 nitrogen and oxygen atoms in total. The minimum Gasteiger partial charge on any atom is -0.506 e. The smallest absolute Gasteiger partial charge is 0.256 e. The predicted molar refractivity (Wildman–Crippen MR) is 87.9 cm³/mol. The van der Waals surface area contributed by atoms with Gasteiger partial charge in [-0.15, -0.1) is 0 Å². The summed E-state index contributed by atoms with van der Waals surface area (Å²) in [5.74, 6) is -0.709. The summed E-state index contributed by atoms with van der Waals surface area (Å²) in [4.78, 5) is 12.3. The molecule has 0 bridgehead atoms. The predicted octanol–water partition coefficient (Wildman–Crippen LogP) is 3.20. The van der Waals surface area contributed by atoms with Gasteiger partial charge in [0.15, 0.2) is 9.84 Å². The third-order valence-electron chi connectivity index (χ3n) is 3.07. The molecule has 0 fully saturated rings. The molecule has 2 rings (SSSR count). The number of hydrogen-bond donors (Lipinski definition) is 2. The van der Waals surface area contributed by atoms with E-state index in [1.54, 1.807) is 24.3 Å². The molecule has 0 aliphatic carbocycles. The molecule has 0 aliphatic heterocycles. The van der Waals surface area contributed by atoms with E-state index in [9.17, 15) is 18.3 Å². The monoisotopic (exact) mass is 383 g/mol. The SMILES string of the molecule is CCS(=O)(=O)c1ccc(O)c(NC(=O)c2ccccc2Br)c1. The molecule has 2 aromatic carbocycles. The number of sulfone groups is 1. The average molecular weight is 384 g/mol.